The van der Waals surface area contributed by atoms with Gasteiger partial charge in [-0.1, -0.05) is 42.5 Å². The van der Waals surface area contributed by atoms with Gasteiger partial charge in [0.1, 0.15) is 22.2 Å². The van der Waals surface area contributed by atoms with Crippen LogP contribution in [0.3, 0.4) is 0 Å². The van der Waals surface area contributed by atoms with Gasteiger partial charge in [-0.2, -0.15) is 0 Å². The number of primary amides is 1. The van der Waals surface area contributed by atoms with E-state index in [1.54, 1.807) is 28.8 Å². The number of anilines is 1. The Morgan fingerprint density at radius 2 is 1.94 bits per heavy atom. The number of imidazole rings is 1. The maximum atomic E-state index is 14.5. The average Bonchev–Trinajstić information content (AvgIpc) is 3.32. The van der Waals surface area contributed by atoms with Crippen LogP contribution in [0.25, 0.3) is 16.0 Å². The van der Waals surface area contributed by atoms with E-state index in [-0.39, 0.29) is 28.7 Å². The molecule has 0 bridgehead atoms. The Kier molecular flexibility index (Phi) is 5.67. The Hall–Kier alpha value is -3.72. The van der Waals surface area contributed by atoms with Crippen LogP contribution in [-0.2, 0) is 12.5 Å². The third-order valence-electron chi connectivity index (χ3n) is 4.91. The topological polar surface area (TPSA) is 96.2 Å². The van der Waals surface area contributed by atoms with Gasteiger partial charge in [0.2, 0.25) is 5.95 Å². The van der Waals surface area contributed by atoms with Crippen molar-refractivity contribution in [1.29, 1.82) is 0 Å². The van der Waals surface area contributed by atoms with Gasteiger partial charge < -0.3 is 16.2 Å². The van der Waals surface area contributed by atoms with E-state index in [2.05, 4.69) is 11.6 Å². The van der Waals surface area contributed by atoms with Crippen LogP contribution < -0.4 is 16.2 Å². The number of hydrogen-bond donors (Lipinski definition) is 2. The van der Waals surface area contributed by atoms with Gasteiger partial charge in [-0.25, -0.2) is 13.8 Å². The van der Waals surface area contributed by atoms with Crippen molar-refractivity contribution < 1.29 is 18.3 Å². The Balaban J connectivity index is 1.69. The third-order valence-corrected chi connectivity index (χ3v) is 6.03. The summed E-state index contributed by atoms with van der Waals surface area (Å²) in [6, 6.07) is 15.1. The van der Waals surface area contributed by atoms with Gasteiger partial charge in [-0.05, 0) is 17.7 Å². The molecule has 0 aliphatic carbocycles. The first-order valence-corrected chi connectivity index (χ1v) is 10.5. The van der Waals surface area contributed by atoms with Gasteiger partial charge in [0.05, 0.1) is 11.0 Å². The van der Waals surface area contributed by atoms with Crippen LogP contribution in [0.15, 0.2) is 67.3 Å². The standard InChI is InChI=1S/C23H20F2N4O2S/c1-2-11-23(24,25)15-8-4-3-7-14(15)13-31-18-12-19(32-20(18)21(26)30)29-17-10-6-5-9-16(17)28-22(29)27/h2-10,12H,1,11,13H2,(H2,26,30)(H2,27,28). The van der Waals surface area contributed by atoms with Crippen molar-refractivity contribution in [2.24, 2.45) is 5.73 Å². The molecule has 164 valence electrons. The van der Waals surface area contributed by atoms with E-state index >= 15 is 0 Å². The summed E-state index contributed by atoms with van der Waals surface area (Å²) in [5.41, 5.74) is 13.2. The van der Waals surface area contributed by atoms with Gasteiger partial charge in [-0.3, -0.25) is 9.36 Å². The molecule has 0 spiro atoms. The molecule has 2 heterocycles. The maximum absolute atomic E-state index is 14.5. The summed E-state index contributed by atoms with van der Waals surface area (Å²) in [4.78, 5) is 16.5. The molecule has 4 N–H and O–H groups in total. The highest BCUT2D eigenvalue weighted by Crippen LogP contribution is 2.37. The molecular weight excluding hydrogens is 434 g/mol. The predicted molar refractivity (Wildman–Crippen MR) is 121 cm³/mol. The number of halogens is 2. The molecule has 1 amide bonds. The molecule has 0 aliphatic heterocycles. The molecule has 0 fully saturated rings. The van der Waals surface area contributed by atoms with Crippen molar-refractivity contribution in [3.63, 3.8) is 0 Å². The molecule has 0 atom stereocenters. The molecule has 0 saturated heterocycles. The maximum Gasteiger partial charge on any atom is 0.277 e. The van der Waals surface area contributed by atoms with Gasteiger partial charge in [0.15, 0.2) is 0 Å². The first-order valence-electron chi connectivity index (χ1n) is 9.68. The quantitative estimate of drug-likeness (QED) is 0.366. The van der Waals surface area contributed by atoms with Crippen LogP contribution in [-0.4, -0.2) is 15.5 Å². The monoisotopic (exact) mass is 454 g/mol. The summed E-state index contributed by atoms with van der Waals surface area (Å²) < 4.78 is 36.5. The second-order valence-corrected chi connectivity index (χ2v) is 8.11. The predicted octanol–water partition coefficient (Wildman–Crippen LogP) is 5.02. The number of hydrogen-bond acceptors (Lipinski definition) is 5. The number of amides is 1. The fourth-order valence-corrected chi connectivity index (χ4v) is 4.45. The van der Waals surface area contributed by atoms with Gasteiger partial charge >= 0.3 is 0 Å². The molecule has 0 aliphatic rings. The van der Waals surface area contributed by atoms with Gasteiger partial charge in [-0.15, -0.1) is 17.9 Å². The molecule has 9 heteroatoms. The van der Waals surface area contributed by atoms with Crippen LogP contribution in [0.2, 0.25) is 0 Å². The zero-order chi connectivity index (χ0) is 22.9. The number of thiophene rings is 1. The fourth-order valence-electron chi connectivity index (χ4n) is 3.48. The molecule has 2 aromatic carbocycles. The van der Waals surface area contributed by atoms with E-state index in [1.165, 1.54) is 12.1 Å². The SMILES string of the molecule is C=CCC(F)(F)c1ccccc1COc1cc(-n2c(N)nc3ccccc32)sc1C(N)=O. The molecule has 2 aromatic heterocycles. The fraction of sp³-hybridized carbons (Fsp3) is 0.130. The number of alkyl halides is 2. The summed E-state index contributed by atoms with van der Waals surface area (Å²) in [6.45, 7) is 3.24. The first kappa shape index (κ1) is 21.5. The number of nitrogens with two attached hydrogens (primary N) is 2. The van der Waals surface area contributed by atoms with Crippen LogP contribution in [0, 0.1) is 0 Å². The number of aromatic nitrogens is 2. The lowest BCUT2D eigenvalue weighted by Crippen LogP contribution is -2.16. The smallest absolute Gasteiger partial charge is 0.277 e. The van der Waals surface area contributed by atoms with Crippen molar-refractivity contribution in [1.82, 2.24) is 9.55 Å². The molecule has 6 nitrogen and oxygen atoms in total. The number of para-hydroxylation sites is 2. The number of benzene rings is 2. The average molecular weight is 455 g/mol. The van der Waals surface area contributed by atoms with Crippen molar-refractivity contribution in [2.45, 2.75) is 19.0 Å². The molecule has 4 aromatic rings. The zero-order valence-corrected chi connectivity index (χ0v) is 17.7. The normalized spacial score (nSPS) is 11.6. The number of rotatable bonds is 8. The Bertz CT molecular complexity index is 1310. The minimum atomic E-state index is -3.09. The lowest BCUT2D eigenvalue weighted by atomic mass is 10.00. The Morgan fingerprint density at radius 3 is 2.69 bits per heavy atom. The first-order chi connectivity index (χ1) is 15.3. The van der Waals surface area contributed by atoms with Crippen molar-refractivity contribution in [3.05, 3.63) is 83.3 Å². The Morgan fingerprint density at radius 1 is 1.22 bits per heavy atom. The summed E-state index contributed by atoms with van der Waals surface area (Å²) in [5, 5.41) is 0.574. The number of fused-ring (bicyclic) bond motifs is 1. The molecule has 0 unspecified atom stereocenters. The van der Waals surface area contributed by atoms with Gasteiger partial charge in [0.25, 0.3) is 11.8 Å². The highest BCUT2D eigenvalue weighted by Gasteiger charge is 2.32. The lowest BCUT2D eigenvalue weighted by molar-refractivity contribution is -0.00257. The van der Waals surface area contributed by atoms with Crippen molar-refractivity contribution in [3.8, 4) is 10.8 Å². The van der Waals surface area contributed by atoms with Crippen LogP contribution in [0.4, 0.5) is 14.7 Å². The Labute approximate surface area is 186 Å². The summed E-state index contributed by atoms with van der Waals surface area (Å²) in [6.07, 6.45) is 0.681. The van der Waals surface area contributed by atoms with E-state index < -0.39 is 18.3 Å². The van der Waals surface area contributed by atoms with E-state index in [0.717, 1.165) is 16.9 Å². The second-order valence-electron chi connectivity index (χ2n) is 7.08. The van der Waals surface area contributed by atoms with Crippen LogP contribution >= 0.6 is 11.3 Å². The third kappa shape index (κ3) is 3.94. The van der Waals surface area contributed by atoms with E-state index in [9.17, 15) is 13.6 Å². The van der Waals surface area contributed by atoms with Gasteiger partial charge in [0, 0.05) is 18.1 Å². The number of carbonyl (C=O) groups is 1. The van der Waals surface area contributed by atoms with E-state index in [4.69, 9.17) is 16.2 Å². The molecule has 0 radical (unpaired) electrons. The largest absolute Gasteiger partial charge is 0.487 e. The second kappa shape index (κ2) is 8.43. The molecular formula is C23H20F2N4O2S. The van der Waals surface area contributed by atoms with Crippen molar-refractivity contribution in [2.75, 3.05) is 5.73 Å². The number of nitrogen functional groups attached to an aromatic ring is 1. The zero-order valence-electron chi connectivity index (χ0n) is 16.9. The highest BCUT2D eigenvalue weighted by molar-refractivity contribution is 7.16. The lowest BCUT2D eigenvalue weighted by Gasteiger charge is -2.19. The minimum absolute atomic E-state index is 0.152. The van der Waals surface area contributed by atoms with E-state index in [1.807, 2.05) is 24.3 Å². The number of allylic oxidation sites excluding steroid dienone is 1. The highest BCUT2D eigenvalue weighted by atomic mass is 32.1. The van der Waals surface area contributed by atoms with Crippen molar-refractivity contribution >= 4 is 34.2 Å². The summed E-state index contributed by atoms with van der Waals surface area (Å²) >= 11 is 1.09. The molecule has 0 saturated carbocycles. The van der Waals surface area contributed by atoms with Crippen LogP contribution in [0.5, 0.6) is 5.75 Å². The van der Waals surface area contributed by atoms with E-state index in [0.29, 0.717) is 16.1 Å². The minimum Gasteiger partial charge on any atom is -0.487 e. The summed E-state index contributed by atoms with van der Waals surface area (Å²) in [5.74, 6) is -3.34. The number of carbonyl (C=O) groups excluding carboxylic acids is 1. The van der Waals surface area contributed by atoms with Crippen LogP contribution in [0.1, 0.15) is 27.2 Å². The number of nitrogens with zero attached hydrogens (tertiary/aromatic N) is 2. The molecule has 4 rings (SSSR count). The molecule has 32 heavy (non-hydrogen) atoms. The summed E-state index contributed by atoms with van der Waals surface area (Å²) in [7, 11) is 0. The number of ether oxygens (including phenoxy) is 1.